The number of nitrogens with zero attached hydrogens (tertiary/aromatic N) is 1. The molecule has 3 N–H and O–H groups in total. The Morgan fingerprint density at radius 1 is 1.15 bits per heavy atom. The molecular formula is C18H34N4O3S+2. The van der Waals surface area contributed by atoms with Crippen LogP contribution in [-0.2, 0) is 14.8 Å². The van der Waals surface area contributed by atoms with E-state index in [9.17, 15) is 8.42 Å². The number of ether oxygens (including phenoxy) is 1. The van der Waals surface area contributed by atoms with Gasteiger partial charge < -0.3 is 19.4 Å². The zero-order valence-electron chi connectivity index (χ0n) is 16.4. The number of piperazine rings is 1. The average Bonchev–Trinajstić information content (AvgIpc) is 2.62. The van der Waals surface area contributed by atoms with Crippen LogP contribution in [0.2, 0.25) is 0 Å². The van der Waals surface area contributed by atoms with Crippen molar-refractivity contribution in [2.24, 2.45) is 0 Å². The van der Waals surface area contributed by atoms with E-state index in [1.807, 2.05) is 14.1 Å². The van der Waals surface area contributed by atoms with E-state index in [-0.39, 0.29) is 18.4 Å². The van der Waals surface area contributed by atoms with Crippen molar-refractivity contribution in [3.05, 3.63) is 29.8 Å². The molecule has 0 saturated carbocycles. The lowest BCUT2D eigenvalue weighted by molar-refractivity contribution is -1.02. The Morgan fingerprint density at radius 3 is 2.31 bits per heavy atom. The van der Waals surface area contributed by atoms with Gasteiger partial charge in [-0.3, -0.25) is 0 Å². The second-order valence-electron chi connectivity index (χ2n) is 7.31. The topological polar surface area (TPSA) is 67.5 Å². The van der Waals surface area contributed by atoms with E-state index in [1.54, 1.807) is 0 Å². The normalized spacial score (nSPS) is 22.2. The Kier molecular flexibility index (Phi) is 7.85. The molecule has 1 fully saturated rings. The highest BCUT2D eigenvalue weighted by Crippen LogP contribution is 2.16. The maximum Gasteiger partial charge on any atom is 0.214 e. The van der Waals surface area contributed by atoms with E-state index in [1.165, 1.54) is 22.5 Å². The van der Waals surface area contributed by atoms with E-state index in [0.29, 0.717) is 6.54 Å². The molecule has 0 spiro atoms. The Balaban J connectivity index is 2.13. The number of quaternary nitrogens is 2. The lowest BCUT2D eigenvalue weighted by atomic mass is 10.0. The number of sulfonamides is 1. The minimum Gasteiger partial charge on any atom is -0.384 e. The van der Waals surface area contributed by atoms with Crippen molar-refractivity contribution in [2.75, 3.05) is 78.2 Å². The second-order valence-corrected chi connectivity index (χ2v) is 9.24. The standard InChI is InChI=1S/C18H32N4O3S/c1-20(2)17-7-5-16(6-8-17)18(22-11-9-21(3)10-12-22)15-19-26(23,24)14-13-25-4/h5-8,18-19H,9-15H2,1-4H3/p+2/t18-/m1/s1. The van der Waals surface area contributed by atoms with Crippen molar-refractivity contribution in [2.45, 2.75) is 6.04 Å². The number of anilines is 1. The van der Waals surface area contributed by atoms with Crippen LogP contribution in [0.4, 0.5) is 5.69 Å². The quantitative estimate of drug-likeness (QED) is 0.450. The van der Waals surface area contributed by atoms with Gasteiger partial charge in [-0.05, 0) is 12.1 Å². The fourth-order valence-electron chi connectivity index (χ4n) is 3.32. The molecule has 2 rings (SSSR count). The first-order valence-electron chi connectivity index (χ1n) is 9.22. The van der Waals surface area contributed by atoms with Gasteiger partial charge >= 0.3 is 0 Å². The maximum atomic E-state index is 12.2. The van der Waals surface area contributed by atoms with Crippen LogP contribution < -0.4 is 19.4 Å². The zero-order valence-corrected chi connectivity index (χ0v) is 17.2. The summed E-state index contributed by atoms with van der Waals surface area (Å²) in [5, 5.41) is 0. The fourth-order valence-corrected chi connectivity index (χ4v) is 4.28. The Bertz CT molecular complexity index is 641. The minimum atomic E-state index is -3.32. The number of nitrogens with one attached hydrogen (secondary N) is 3. The molecule has 1 atom stereocenters. The molecule has 1 aromatic rings. The predicted octanol–water partition coefficient (Wildman–Crippen LogP) is -2.23. The second kappa shape index (κ2) is 9.66. The van der Waals surface area contributed by atoms with Crippen LogP contribution in [0.15, 0.2) is 24.3 Å². The largest absolute Gasteiger partial charge is 0.384 e. The summed E-state index contributed by atoms with van der Waals surface area (Å²) < 4.78 is 32.1. The van der Waals surface area contributed by atoms with Crippen LogP contribution in [-0.4, -0.2) is 81.8 Å². The van der Waals surface area contributed by atoms with Crippen molar-refractivity contribution in [3.63, 3.8) is 0 Å². The molecule has 0 aliphatic carbocycles. The van der Waals surface area contributed by atoms with Crippen LogP contribution >= 0.6 is 0 Å². The van der Waals surface area contributed by atoms with E-state index in [2.05, 4.69) is 40.9 Å². The summed E-state index contributed by atoms with van der Waals surface area (Å²) in [6.07, 6.45) is 0. The molecule has 0 unspecified atom stereocenters. The number of methoxy groups -OCH3 is 1. The summed E-state index contributed by atoms with van der Waals surface area (Å²) in [4.78, 5) is 5.05. The molecule has 0 amide bonds. The van der Waals surface area contributed by atoms with Crippen molar-refractivity contribution in [3.8, 4) is 0 Å². The Morgan fingerprint density at radius 2 is 1.77 bits per heavy atom. The molecule has 0 aromatic heterocycles. The molecular weight excluding hydrogens is 352 g/mol. The van der Waals surface area contributed by atoms with Crippen LogP contribution in [0.3, 0.4) is 0 Å². The van der Waals surface area contributed by atoms with Crippen molar-refractivity contribution < 1.29 is 23.0 Å². The van der Waals surface area contributed by atoms with Crippen molar-refractivity contribution >= 4 is 15.7 Å². The third-order valence-electron chi connectivity index (χ3n) is 5.11. The van der Waals surface area contributed by atoms with Gasteiger partial charge in [0.2, 0.25) is 10.0 Å². The summed E-state index contributed by atoms with van der Waals surface area (Å²) in [5.74, 6) is -0.00198. The van der Waals surface area contributed by atoms with Gasteiger partial charge in [0.15, 0.2) is 0 Å². The van der Waals surface area contributed by atoms with E-state index >= 15 is 0 Å². The van der Waals surface area contributed by atoms with Gasteiger partial charge in [-0.2, -0.15) is 0 Å². The van der Waals surface area contributed by atoms with E-state index < -0.39 is 10.0 Å². The highest BCUT2D eigenvalue weighted by Gasteiger charge is 2.30. The van der Waals surface area contributed by atoms with Gasteiger partial charge in [0, 0.05) is 32.5 Å². The first-order chi connectivity index (χ1) is 12.3. The van der Waals surface area contributed by atoms with Crippen LogP contribution in [0.1, 0.15) is 11.6 Å². The van der Waals surface area contributed by atoms with Gasteiger partial charge in [-0.25, -0.2) is 13.1 Å². The zero-order chi connectivity index (χ0) is 19.2. The van der Waals surface area contributed by atoms with Crippen LogP contribution in [0.5, 0.6) is 0 Å². The van der Waals surface area contributed by atoms with Gasteiger partial charge in [0.05, 0.1) is 26.0 Å². The van der Waals surface area contributed by atoms with Gasteiger partial charge in [0.25, 0.3) is 0 Å². The molecule has 0 radical (unpaired) electrons. The number of hydrogen-bond donors (Lipinski definition) is 3. The highest BCUT2D eigenvalue weighted by atomic mass is 32.2. The van der Waals surface area contributed by atoms with Gasteiger partial charge in [0.1, 0.15) is 32.2 Å². The third kappa shape index (κ3) is 6.21. The van der Waals surface area contributed by atoms with Gasteiger partial charge in [-0.15, -0.1) is 0 Å². The summed E-state index contributed by atoms with van der Waals surface area (Å²) >= 11 is 0. The highest BCUT2D eigenvalue weighted by molar-refractivity contribution is 7.89. The third-order valence-corrected chi connectivity index (χ3v) is 6.42. The lowest BCUT2D eigenvalue weighted by Gasteiger charge is -2.33. The van der Waals surface area contributed by atoms with Gasteiger partial charge in [-0.1, -0.05) is 12.1 Å². The SMILES string of the molecule is COCCS(=O)(=O)NC[C@H](c1ccc(N(C)C)cc1)[NH+]1CC[NH+](C)CC1. The number of benzene rings is 1. The molecule has 1 aromatic carbocycles. The number of likely N-dealkylation sites (N-methyl/N-ethyl adjacent to an activating group) is 1. The average molecular weight is 387 g/mol. The molecule has 1 heterocycles. The molecule has 26 heavy (non-hydrogen) atoms. The maximum absolute atomic E-state index is 12.2. The summed E-state index contributed by atoms with van der Waals surface area (Å²) in [6, 6.07) is 8.57. The van der Waals surface area contributed by atoms with Crippen LogP contribution in [0, 0.1) is 0 Å². The van der Waals surface area contributed by atoms with E-state index in [4.69, 9.17) is 4.74 Å². The molecule has 8 heteroatoms. The van der Waals surface area contributed by atoms with Crippen molar-refractivity contribution in [1.29, 1.82) is 0 Å². The number of rotatable bonds is 9. The molecule has 148 valence electrons. The Hall–Kier alpha value is -1.19. The fraction of sp³-hybridized carbons (Fsp3) is 0.667. The molecule has 1 saturated heterocycles. The molecule has 0 bridgehead atoms. The first kappa shape index (κ1) is 21.1. The van der Waals surface area contributed by atoms with Crippen LogP contribution in [0.25, 0.3) is 0 Å². The minimum absolute atomic E-state index is 0.00198. The summed E-state index contributed by atoms with van der Waals surface area (Å²) in [6.45, 7) is 4.94. The monoisotopic (exact) mass is 386 g/mol. The lowest BCUT2D eigenvalue weighted by Crippen LogP contribution is -3.27. The van der Waals surface area contributed by atoms with E-state index in [0.717, 1.165) is 31.9 Å². The smallest absolute Gasteiger partial charge is 0.214 e. The molecule has 1 aliphatic rings. The Labute approximate surface area is 158 Å². The summed E-state index contributed by atoms with van der Waals surface area (Å²) in [7, 11) is 4.45. The molecule has 1 aliphatic heterocycles. The first-order valence-corrected chi connectivity index (χ1v) is 10.9. The van der Waals surface area contributed by atoms with Crippen molar-refractivity contribution in [1.82, 2.24) is 4.72 Å². The predicted molar refractivity (Wildman–Crippen MR) is 104 cm³/mol. The molecule has 7 nitrogen and oxygen atoms in total. The summed E-state index contributed by atoms with van der Waals surface area (Å²) in [5.41, 5.74) is 2.32. The number of hydrogen-bond acceptors (Lipinski definition) is 4.